The zero-order chi connectivity index (χ0) is 15.5. The number of carbonyl (C=O) groups is 1. The maximum Gasteiger partial charge on any atom is 0.226 e. The highest BCUT2D eigenvalue weighted by molar-refractivity contribution is 5.79. The van der Waals surface area contributed by atoms with Crippen LogP contribution in [0.1, 0.15) is 38.4 Å². The summed E-state index contributed by atoms with van der Waals surface area (Å²) < 4.78 is 5.57. The van der Waals surface area contributed by atoms with Crippen molar-refractivity contribution in [3.63, 3.8) is 0 Å². The van der Waals surface area contributed by atoms with Gasteiger partial charge in [-0.05, 0) is 45.8 Å². The number of nitrogens with zero attached hydrogens (tertiary/aromatic N) is 3. The van der Waals surface area contributed by atoms with Crippen molar-refractivity contribution < 1.29 is 9.53 Å². The highest BCUT2D eigenvalue weighted by atomic mass is 16.5. The van der Waals surface area contributed by atoms with E-state index in [1.165, 1.54) is 0 Å². The Morgan fingerprint density at radius 1 is 1.36 bits per heavy atom. The summed E-state index contributed by atoms with van der Waals surface area (Å²) in [5.74, 6) is 0.435. The minimum atomic E-state index is -0.0214. The lowest BCUT2D eigenvalue weighted by atomic mass is 9.93. The second-order valence-corrected chi connectivity index (χ2v) is 6.54. The van der Waals surface area contributed by atoms with Gasteiger partial charge < -0.3 is 14.5 Å². The van der Waals surface area contributed by atoms with Crippen LogP contribution < -0.4 is 0 Å². The number of H-pyrrole nitrogens is 1. The minimum absolute atomic E-state index is 0.0214. The Morgan fingerprint density at radius 3 is 2.77 bits per heavy atom. The topological polar surface area (TPSA) is 61.5 Å². The average Bonchev–Trinajstić information content (AvgIpc) is 3.08. The van der Waals surface area contributed by atoms with Crippen molar-refractivity contribution in [2.75, 3.05) is 32.8 Å². The zero-order valence-corrected chi connectivity index (χ0v) is 13.5. The predicted molar refractivity (Wildman–Crippen MR) is 83.3 cm³/mol. The SMILES string of the molecule is CC(C)N1CCC(C(=O)N2CCOCC2c2ccn[nH]2)CC1. The number of ether oxygens (including phenoxy) is 1. The van der Waals surface area contributed by atoms with Crippen molar-refractivity contribution in [1.82, 2.24) is 20.0 Å². The molecule has 1 N–H and O–H groups in total. The lowest BCUT2D eigenvalue weighted by Crippen LogP contribution is -2.49. The maximum atomic E-state index is 13.0. The molecule has 3 rings (SSSR count). The first-order valence-electron chi connectivity index (χ1n) is 8.28. The Hall–Kier alpha value is -1.40. The number of aromatic nitrogens is 2. The zero-order valence-electron chi connectivity index (χ0n) is 13.5. The Balaban J connectivity index is 1.65. The van der Waals surface area contributed by atoms with E-state index in [0.717, 1.165) is 31.6 Å². The normalized spacial score (nSPS) is 24.9. The molecule has 0 aliphatic carbocycles. The molecule has 2 aliphatic rings. The van der Waals surface area contributed by atoms with Gasteiger partial charge in [0.05, 0.1) is 24.9 Å². The van der Waals surface area contributed by atoms with E-state index in [1.807, 2.05) is 11.0 Å². The third-order valence-corrected chi connectivity index (χ3v) is 4.90. The molecule has 3 heterocycles. The molecule has 122 valence electrons. The second-order valence-electron chi connectivity index (χ2n) is 6.54. The molecular weight excluding hydrogens is 280 g/mol. The van der Waals surface area contributed by atoms with Gasteiger partial charge in [0.2, 0.25) is 5.91 Å². The van der Waals surface area contributed by atoms with Gasteiger partial charge in [0.1, 0.15) is 0 Å². The van der Waals surface area contributed by atoms with Crippen LogP contribution >= 0.6 is 0 Å². The number of hydrogen-bond donors (Lipinski definition) is 1. The number of piperidine rings is 1. The van der Waals surface area contributed by atoms with E-state index in [0.29, 0.717) is 25.8 Å². The summed E-state index contributed by atoms with van der Waals surface area (Å²) in [6.07, 6.45) is 3.65. The van der Waals surface area contributed by atoms with Crippen molar-refractivity contribution in [1.29, 1.82) is 0 Å². The molecule has 2 saturated heterocycles. The van der Waals surface area contributed by atoms with Crippen molar-refractivity contribution in [3.05, 3.63) is 18.0 Å². The quantitative estimate of drug-likeness (QED) is 0.918. The molecule has 1 unspecified atom stereocenters. The van der Waals surface area contributed by atoms with E-state index in [4.69, 9.17) is 4.74 Å². The number of morpholine rings is 1. The van der Waals surface area contributed by atoms with Crippen molar-refractivity contribution in [3.8, 4) is 0 Å². The van der Waals surface area contributed by atoms with Gasteiger partial charge in [-0.25, -0.2) is 0 Å². The molecule has 0 aromatic carbocycles. The van der Waals surface area contributed by atoms with Crippen LogP contribution in [0.2, 0.25) is 0 Å². The lowest BCUT2D eigenvalue weighted by molar-refractivity contribution is -0.146. The van der Waals surface area contributed by atoms with E-state index in [-0.39, 0.29) is 17.9 Å². The van der Waals surface area contributed by atoms with Crippen LogP contribution in [0, 0.1) is 5.92 Å². The van der Waals surface area contributed by atoms with Crippen LogP contribution in [-0.4, -0.2) is 64.8 Å². The Kier molecular flexibility index (Phi) is 4.78. The summed E-state index contributed by atoms with van der Waals surface area (Å²) in [5.41, 5.74) is 0.965. The monoisotopic (exact) mass is 306 g/mol. The highest BCUT2D eigenvalue weighted by Gasteiger charge is 2.35. The Bertz CT molecular complexity index is 480. The van der Waals surface area contributed by atoms with Crippen molar-refractivity contribution >= 4 is 5.91 Å². The lowest BCUT2D eigenvalue weighted by Gasteiger charge is -2.40. The van der Waals surface area contributed by atoms with Gasteiger partial charge in [0.25, 0.3) is 0 Å². The number of nitrogens with one attached hydrogen (secondary N) is 1. The van der Waals surface area contributed by atoms with Gasteiger partial charge in [0.15, 0.2) is 0 Å². The van der Waals surface area contributed by atoms with Gasteiger partial charge in [-0.3, -0.25) is 9.89 Å². The molecule has 2 aliphatic heterocycles. The summed E-state index contributed by atoms with van der Waals surface area (Å²) in [6, 6.07) is 2.48. The maximum absolute atomic E-state index is 13.0. The van der Waals surface area contributed by atoms with Crippen molar-refractivity contribution in [2.24, 2.45) is 5.92 Å². The summed E-state index contributed by atoms with van der Waals surface area (Å²) in [5, 5.41) is 6.99. The van der Waals surface area contributed by atoms with Gasteiger partial charge in [-0.1, -0.05) is 0 Å². The molecule has 1 amide bonds. The number of aromatic amines is 1. The first-order valence-corrected chi connectivity index (χ1v) is 8.28. The fourth-order valence-electron chi connectivity index (χ4n) is 3.47. The number of carbonyl (C=O) groups excluding carboxylic acids is 1. The van der Waals surface area contributed by atoms with Crippen molar-refractivity contribution in [2.45, 2.75) is 38.8 Å². The van der Waals surface area contributed by atoms with Gasteiger partial charge in [0, 0.05) is 24.7 Å². The van der Waals surface area contributed by atoms with Crippen LogP contribution in [0.25, 0.3) is 0 Å². The molecule has 0 spiro atoms. The number of likely N-dealkylation sites (tertiary alicyclic amines) is 1. The molecule has 6 nitrogen and oxygen atoms in total. The van der Waals surface area contributed by atoms with E-state index in [2.05, 4.69) is 28.9 Å². The summed E-state index contributed by atoms with van der Waals surface area (Å²) in [6.45, 7) is 8.34. The Morgan fingerprint density at radius 2 is 2.14 bits per heavy atom. The molecule has 0 radical (unpaired) electrons. The first-order chi connectivity index (χ1) is 10.7. The first kappa shape index (κ1) is 15.5. The minimum Gasteiger partial charge on any atom is -0.377 e. The van der Waals surface area contributed by atoms with E-state index in [1.54, 1.807) is 6.20 Å². The van der Waals surface area contributed by atoms with Crippen LogP contribution in [-0.2, 0) is 9.53 Å². The smallest absolute Gasteiger partial charge is 0.226 e. The molecule has 0 bridgehead atoms. The molecule has 1 aromatic heterocycles. The van der Waals surface area contributed by atoms with Crippen LogP contribution in [0.5, 0.6) is 0 Å². The number of hydrogen-bond acceptors (Lipinski definition) is 4. The average molecular weight is 306 g/mol. The van der Waals surface area contributed by atoms with Gasteiger partial charge in [-0.2, -0.15) is 5.10 Å². The molecule has 1 atom stereocenters. The van der Waals surface area contributed by atoms with Crippen LogP contribution in [0.4, 0.5) is 0 Å². The second kappa shape index (κ2) is 6.79. The Labute approximate surface area is 131 Å². The third kappa shape index (κ3) is 3.17. The molecule has 1 aromatic rings. The van der Waals surface area contributed by atoms with E-state index in [9.17, 15) is 4.79 Å². The summed E-state index contributed by atoms with van der Waals surface area (Å²) in [4.78, 5) is 17.4. The molecule has 6 heteroatoms. The fourth-order valence-corrected chi connectivity index (χ4v) is 3.47. The number of amides is 1. The molecule has 2 fully saturated rings. The van der Waals surface area contributed by atoms with Crippen LogP contribution in [0.15, 0.2) is 12.3 Å². The molecular formula is C16H26N4O2. The summed E-state index contributed by atoms with van der Waals surface area (Å²) >= 11 is 0. The number of rotatable bonds is 3. The third-order valence-electron chi connectivity index (χ3n) is 4.90. The highest BCUT2D eigenvalue weighted by Crippen LogP contribution is 2.28. The van der Waals surface area contributed by atoms with Gasteiger partial charge >= 0.3 is 0 Å². The summed E-state index contributed by atoms with van der Waals surface area (Å²) in [7, 11) is 0. The standard InChI is InChI=1S/C16H26N4O2/c1-12(2)19-7-4-13(5-8-19)16(21)20-9-10-22-11-15(20)14-3-6-17-18-14/h3,6,12-13,15H,4-5,7-11H2,1-2H3,(H,17,18). The molecule has 22 heavy (non-hydrogen) atoms. The van der Waals surface area contributed by atoms with Gasteiger partial charge in [-0.15, -0.1) is 0 Å². The fraction of sp³-hybridized carbons (Fsp3) is 0.750. The van der Waals surface area contributed by atoms with E-state index >= 15 is 0 Å². The largest absolute Gasteiger partial charge is 0.377 e. The van der Waals surface area contributed by atoms with E-state index < -0.39 is 0 Å². The molecule has 0 saturated carbocycles. The van der Waals surface area contributed by atoms with Crippen LogP contribution in [0.3, 0.4) is 0 Å². The predicted octanol–water partition coefficient (Wildman–Crippen LogP) is 1.43.